The number of pyridine rings is 1. The summed E-state index contributed by atoms with van der Waals surface area (Å²) in [6.45, 7) is 4.34. The van der Waals surface area contributed by atoms with Gasteiger partial charge in [0.2, 0.25) is 5.69 Å². The zero-order chi connectivity index (χ0) is 19.1. The van der Waals surface area contributed by atoms with E-state index in [1.165, 1.54) is 5.56 Å². The van der Waals surface area contributed by atoms with Crippen molar-refractivity contribution in [3.63, 3.8) is 0 Å². The zero-order valence-electron chi connectivity index (χ0n) is 17.8. The van der Waals surface area contributed by atoms with Crippen LogP contribution in [-0.4, -0.2) is 0 Å². The maximum absolute atomic E-state index is 9.17. The van der Waals surface area contributed by atoms with E-state index in [0.717, 1.165) is 35.2 Å². The van der Waals surface area contributed by atoms with Gasteiger partial charge in [-0.25, -0.2) is 4.57 Å². The molecule has 1 heterocycles. The summed E-state index contributed by atoms with van der Waals surface area (Å²) in [4.78, 5) is 0. The third-order valence-corrected chi connectivity index (χ3v) is 5.84. The molecule has 0 N–H and O–H groups in total. The first kappa shape index (κ1) is 10.2. The molecule has 1 aromatic carbocycles. The molecule has 0 aliphatic heterocycles. The van der Waals surface area contributed by atoms with Gasteiger partial charge in [-0.3, -0.25) is 0 Å². The second-order valence-electron chi connectivity index (χ2n) is 7.46. The van der Waals surface area contributed by atoms with E-state index in [9.17, 15) is 1.37 Å². The number of aryl methyl sites for hydroxylation is 3. The molecule has 22 heavy (non-hydrogen) atoms. The Morgan fingerprint density at radius 2 is 2.05 bits per heavy atom. The fourth-order valence-corrected chi connectivity index (χ4v) is 4.64. The van der Waals surface area contributed by atoms with Gasteiger partial charge in [0.1, 0.15) is 7.05 Å². The molecule has 2 aromatic rings. The molecule has 2 aliphatic carbocycles. The molecule has 2 unspecified atom stereocenters. The van der Waals surface area contributed by atoms with Crippen LogP contribution < -0.4 is 4.57 Å². The summed E-state index contributed by atoms with van der Waals surface area (Å²) >= 11 is 0. The summed E-state index contributed by atoms with van der Waals surface area (Å²) in [5.41, 5.74) is 5.85. The lowest BCUT2D eigenvalue weighted by Gasteiger charge is -2.23. The van der Waals surface area contributed by atoms with Gasteiger partial charge in [0, 0.05) is 22.7 Å². The van der Waals surface area contributed by atoms with Crippen LogP contribution in [0, 0.1) is 19.2 Å². The summed E-state index contributed by atoms with van der Waals surface area (Å²) in [5.74, 6) is -0.0722. The molecule has 1 aromatic heterocycles. The molecule has 0 spiro atoms. The van der Waals surface area contributed by atoms with Crippen LogP contribution in [0.3, 0.4) is 0 Å². The Labute approximate surface area is 139 Å². The smallest absolute Gasteiger partial charge is 0.201 e. The largest absolute Gasteiger partial charge is 0.212 e. The Balaban J connectivity index is 1.87. The molecule has 1 fully saturated rings. The average molecular weight is 296 g/mol. The van der Waals surface area contributed by atoms with Crippen LogP contribution in [0.5, 0.6) is 0 Å². The summed E-state index contributed by atoms with van der Waals surface area (Å²) in [7, 11) is 2.04. The van der Waals surface area contributed by atoms with E-state index in [4.69, 9.17) is 4.11 Å². The van der Waals surface area contributed by atoms with Gasteiger partial charge in [-0.2, -0.15) is 0 Å². The minimum atomic E-state index is -2.09. The van der Waals surface area contributed by atoms with Crippen LogP contribution in [0.2, 0.25) is 0 Å². The molecule has 2 aliphatic rings. The highest BCUT2D eigenvalue weighted by Gasteiger charge is 2.52. The number of hydrogen-bond donors (Lipinski definition) is 0. The van der Waals surface area contributed by atoms with Crippen LogP contribution in [0.25, 0.3) is 11.3 Å². The van der Waals surface area contributed by atoms with Crippen molar-refractivity contribution < 1.29 is 10.1 Å². The van der Waals surface area contributed by atoms with Crippen LogP contribution >= 0.6 is 0 Å². The zero-order valence-corrected chi connectivity index (χ0v) is 13.8. The van der Waals surface area contributed by atoms with Gasteiger partial charge in [-0.05, 0) is 61.0 Å². The summed E-state index contributed by atoms with van der Waals surface area (Å²) < 4.78 is 34.2. The van der Waals surface area contributed by atoms with Crippen molar-refractivity contribution in [1.82, 2.24) is 0 Å². The number of hydrogen-bond acceptors (Lipinski definition) is 0. The quantitative estimate of drug-likeness (QED) is 0.666. The molecular weight excluding hydrogens is 266 g/mol. The van der Waals surface area contributed by atoms with Crippen molar-refractivity contribution in [3.05, 3.63) is 52.7 Å². The van der Waals surface area contributed by atoms with E-state index in [-0.39, 0.29) is 5.41 Å². The molecule has 0 radical (unpaired) electrons. The first-order valence-electron chi connectivity index (χ1n) is 10.1. The Hall–Kier alpha value is -1.63. The lowest BCUT2D eigenvalue weighted by Crippen LogP contribution is -2.32. The van der Waals surface area contributed by atoms with E-state index in [2.05, 4.69) is 30.7 Å². The van der Waals surface area contributed by atoms with Crippen LogP contribution in [0.4, 0.5) is 0 Å². The average Bonchev–Trinajstić information content (AvgIpc) is 2.85. The van der Waals surface area contributed by atoms with E-state index in [1.54, 1.807) is 12.1 Å². The normalized spacial score (nSPS) is 31.2. The highest BCUT2D eigenvalue weighted by atomic mass is 14.9. The van der Waals surface area contributed by atoms with E-state index in [1.807, 2.05) is 20.0 Å². The van der Waals surface area contributed by atoms with Gasteiger partial charge >= 0.3 is 0 Å². The fraction of sp³-hybridized carbons (Fsp3) is 0.476. The predicted octanol–water partition coefficient (Wildman–Crippen LogP) is 4.80. The van der Waals surface area contributed by atoms with Crippen LogP contribution in [0.15, 0.2) is 30.5 Å². The molecule has 2 bridgehead atoms. The molecule has 1 heteroatoms. The number of nitrogens with zero attached hydrogens (tertiary/aromatic N) is 1. The van der Waals surface area contributed by atoms with Crippen molar-refractivity contribution in [2.75, 3.05) is 0 Å². The molecule has 0 amide bonds. The lowest BCUT2D eigenvalue weighted by atomic mass is 9.80. The summed E-state index contributed by atoms with van der Waals surface area (Å²) in [5, 5.41) is 0. The van der Waals surface area contributed by atoms with Gasteiger partial charge < -0.3 is 0 Å². The Morgan fingerprint density at radius 3 is 2.77 bits per heavy atom. The maximum atomic E-state index is 9.17. The Morgan fingerprint density at radius 1 is 1.23 bits per heavy atom. The SMILES string of the molecule is [2H]C([2H])([2H])c1ccc(-c2cc3c(c[n+]2C)C2CCC3([2H])C2(C)C)c(C)c1. The molecule has 114 valence electrons. The summed E-state index contributed by atoms with van der Waals surface area (Å²) in [6, 6.07) is 7.56. The Bertz CT molecular complexity index is 913. The molecule has 1 nitrogen and oxygen atoms in total. The minimum absolute atomic E-state index is 0.0406. The van der Waals surface area contributed by atoms with Gasteiger partial charge in [0.25, 0.3) is 0 Å². The molecule has 2 atom stereocenters. The molecule has 4 rings (SSSR count). The standard InChI is InChI=1S/C21H26N/c1-13-6-7-15(14(2)10-13)20-11-16-17(12-22(20)5)19-9-8-18(16)21(19,3)4/h6-7,10-12,18-19H,8-9H2,1-5H3/q+1/i1D3,18D. The van der Waals surface area contributed by atoms with Crippen molar-refractivity contribution in [3.8, 4) is 11.3 Å². The number of aromatic nitrogens is 1. The lowest BCUT2D eigenvalue weighted by molar-refractivity contribution is -0.660. The first-order chi connectivity index (χ1) is 12.0. The Kier molecular flexibility index (Phi) is 2.06. The fourth-order valence-electron chi connectivity index (χ4n) is 4.64. The third kappa shape index (κ3) is 1.74. The predicted molar refractivity (Wildman–Crippen MR) is 91.0 cm³/mol. The van der Waals surface area contributed by atoms with Crippen molar-refractivity contribution in [2.45, 2.75) is 52.3 Å². The van der Waals surface area contributed by atoms with Gasteiger partial charge in [-0.15, -0.1) is 0 Å². The third-order valence-electron chi connectivity index (χ3n) is 5.84. The maximum Gasteiger partial charge on any atom is 0.212 e. The highest BCUT2D eigenvalue weighted by Crippen LogP contribution is 2.64. The van der Waals surface area contributed by atoms with E-state index in [0.29, 0.717) is 11.5 Å². The summed E-state index contributed by atoms with van der Waals surface area (Å²) in [6.07, 6.45) is 4.21. The minimum Gasteiger partial charge on any atom is -0.201 e. The van der Waals surface area contributed by atoms with E-state index >= 15 is 0 Å². The van der Waals surface area contributed by atoms with Gasteiger partial charge in [0.15, 0.2) is 6.20 Å². The topological polar surface area (TPSA) is 3.88 Å². The highest BCUT2D eigenvalue weighted by molar-refractivity contribution is 5.63. The second kappa shape index (κ2) is 4.44. The number of rotatable bonds is 1. The van der Waals surface area contributed by atoms with E-state index < -0.39 is 12.7 Å². The van der Waals surface area contributed by atoms with Crippen molar-refractivity contribution in [1.29, 1.82) is 0 Å². The number of fused-ring (bicyclic) bond motifs is 5. The van der Waals surface area contributed by atoms with Crippen molar-refractivity contribution in [2.24, 2.45) is 12.5 Å². The van der Waals surface area contributed by atoms with Crippen LogP contribution in [-0.2, 0) is 7.05 Å². The number of benzene rings is 1. The molecular formula is C21H26N+. The van der Waals surface area contributed by atoms with Crippen LogP contribution in [0.1, 0.15) is 66.2 Å². The molecule has 0 saturated heterocycles. The second-order valence-corrected chi connectivity index (χ2v) is 7.46. The first-order valence-corrected chi connectivity index (χ1v) is 8.12. The monoisotopic (exact) mass is 296 g/mol. The molecule has 1 saturated carbocycles. The van der Waals surface area contributed by atoms with Gasteiger partial charge in [0.05, 0.1) is 0 Å². The van der Waals surface area contributed by atoms with Crippen molar-refractivity contribution >= 4 is 0 Å². The van der Waals surface area contributed by atoms with Gasteiger partial charge in [-0.1, -0.05) is 31.5 Å².